The van der Waals surface area contributed by atoms with Crippen molar-refractivity contribution in [3.63, 3.8) is 0 Å². The van der Waals surface area contributed by atoms with E-state index in [4.69, 9.17) is 9.15 Å². The molecule has 0 radical (unpaired) electrons. The van der Waals surface area contributed by atoms with E-state index >= 15 is 0 Å². The van der Waals surface area contributed by atoms with Gasteiger partial charge in [-0.1, -0.05) is 49.4 Å². The van der Waals surface area contributed by atoms with E-state index in [1.807, 2.05) is 66.7 Å². The van der Waals surface area contributed by atoms with Crippen LogP contribution in [0.2, 0.25) is 0 Å². The Kier molecular flexibility index (Phi) is 8.57. The Hall–Kier alpha value is -3.58. The van der Waals surface area contributed by atoms with Crippen molar-refractivity contribution in [3.8, 4) is 0 Å². The predicted octanol–water partition coefficient (Wildman–Crippen LogP) is 5.08. The molecule has 3 amide bonds. The number of urea groups is 1. The predicted molar refractivity (Wildman–Crippen MR) is 135 cm³/mol. The molecular weight excluding hydrogens is 442 g/mol. The number of rotatable bonds is 10. The van der Waals surface area contributed by atoms with Gasteiger partial charge in [-0.3, -0.25) is 4.79 Å². The maximum atomic E-state index is 13.5. The van der Waals surface area contributed by atoms with Crippen LogP contribution in [0.25, 0.3) is 0 Å². The Morgan fingerprint density at radius 1 is 0.943 bits per heavy atom. The summed E-state index contributed by atoms with van der Waals surface area (Å²) in [5.41, 5.74) is 2.91. The van der Waals surface area contributed by atoms with Crippen LogP contribution in [0.1, 0.15) is 36.7 Å². The molecule has 1 aliphatic heterocycles. The number of anilines is 1. The zero-order valence-electron chi connectivity index (χ0n) is 20.2. The van der Waals surface area contributed by atoms with Crippen LogP contribution in [0.5, 0.6) is 0 Å². The van der Waals surface area contributed by atoms with Gasteiger partial charge >= 0.3 is 6.03 Å². The van der Waals surface area contributed by atoms with E-state index in [1.54, 1.807) is 16.1 Å². The highest BCUT2D eigenvalue weighted by molar-refractivity contribution is 5.92. The number of nitrogens with zero attached hydrogens (tertiary/aromatic N) is 2. The Bertz CT molecular complexity index is 1060. The molecular formula is C28H33N3O4. The number of carbonyl (C=O) groups is 2. The molecule has 1 aromatic heterocycles. The minimum Gasteiger partial charge on any atom is -0.467 e. The second-order valence-corrected chi connectivity index (χ2v) is 8.81. The molecule has 1 N–H and O–H groups in total. The Labute approximate surface area is 206 Å². The summed E-state index contributed by atoms with van der Waals surface area (Å²) in [5, 5.41) is 2.95. The monoisotopic (exact) mass is 475 g/mol. The summed E-state index contributed by atoms with van der Waals surface area (Å²) in [4.78, 5) is 30.1. The van der Waals surface area contributed by atoms with Gasteiger partial charge in [-0.05, 0) is 54.7 Å². The number of aryl methyl sites for hydroxylation is 1. The lowest BCUT2D eigenvalue weighted by molar-refractivity contribution is -0.133. The molecule has 0 bridgehead atoms. The molecule has 1 atom stereocenters. The molecule has 1 saturated heterocycles. The summed E-state index contributed by atoms with van der Waals surface area (Å²) in [5.74, 6) is 0.542. The molecule has 1 fully saturated rings. The van der Waals surface area contributed by atoms with Gasteiger partial charge < -0.3 is 24.3 Å². The number of carbonyl (C=O) groups excluding carboxylic acids is 2. The van der Waals surface area contributed by atoms with E-state index in [1.165, 1.54) is 5.56 Å². The smallest absolute Gasteiger partial charge is 0.322 e. The van der Waals surface area contributed by atoms with E-state index in [9.17, 15) is 9.59 Å². The van der Waals surface area contributed by atoms with E-state index in [0.717, 1.165) is 24.8 Å². The largest absolute Gasteiger partial charge is 0.467 e. The number of benzene rings is 2. The zero-order chi connectivity index (χ0) is 24.5. The lowest BCUT2D eigenvalue weighted by Crippen LogP contribution is -2.46. The highest BCUT2D eigenvalue weighted by Gasteiger charge is 2.27. The topological polar surface area (TPSA) is 75.0 Å². The summed E-state index contributed by atoms with van der Waals surface area (Å²) in [6, 6.07) is 20.9. The minimum atomic E-state index is -0.309. The van der Waals surface area contributed by atoms with Gasteiger partial charge in [0.15, 0.2) is 0 Å². The molecule has 7 nitrogen and oxygen atoms in total. The fraction of sp³-hybridized carbons (Fsp3) is 0.357. The van der Waals surface area contributed by atoms with Crippen LogP contribution in [0, 0.1) is 0 Å². The van der Waals surface area contributed by atoms with Crippen molar-refractivity contribution in [2.24, 2.45) is 0 Å². The van der Waals surface area contributed by atoms with Crippen molar-refractivity contribution in [1.29, 1.82) is 0 Å². The Morgan fingerprint density at radius 3 is 2.40 bits per heavy atom. The molecule has 2 heterocycles. The van der Waals surface area contributed by atoms with Crippen molar-refractivity contribution in [2.75, 3.05) is 25.0 Å². The van der Waals surface area contributed by atoms with Gasteiger partial charge in [0, 0.05) is 25.4 Å². The Morgan fingerprint density at radius 2 is 1.74 bits per heavy atom. The van der Waals surface area contributed by atoms with Crippen molar-refractivity contribution < 1.29 is 18.7 Å². The number of nitrogens with one attached hydrogen (secondary N) is 1. The summed E-state index contributed by atoms with van der Waals surface area (Å²) in [6.07, 6.45) is 4.31. The molecule has 2 aromatic carbocycles. The molecule has 3 aromatic rings. The highest BCUT2D eigenvalue weighted by atomic mass is 16.5. The number of hydrogen-bond acceptors (Lipinski definition) is 4. The van der Waals surface area contributed by atoms with Crippen LogP contribution < -0.4 is 5.32 Å². The number of furan rings is 1. The second kappa shape index (κ2) is 12.2. The fourth-order valence-corrected chi connectivity index (χ4v) is 4.17. The SMILES string of the molecule is CCc1ccc(NC(=O)N(CC(=O)N(Cc2ccccc2)Cc2ccco2)CC2CCCO2)cc1. The normalized spacial score (nSPS) is 15.1. The third-order valence-corrected chi connectivity index (χ3v) is 6.17. The van der Waals surface area contributed by atoms with Crippen LogP contribution in [0.15, 0.2) is 77.4 Å². The average molecular weight is 476 g/mol. The summed E-state index contributed by atoms with van der Waals surface area (Å²) >= 11 is 0. The number of amides is 3. The van der Waals surface area contributed by atoms with Crippen molar-refractivity contribution in [2.45, 2.75) is 45.4 Å². The number of hydrogen-bond donors (Lipinski definition) is 1. The first-order chi connectivity index (χ1) is 17.1. The molecule has 0 saturated carbocycles. The second-order valence-electron chi connectivity index (χ2n) is 8.81. The van der Waals surface area contributed by atoms with E-state index in [-0.39, 0.29) is 24.6 Å². The quantitative estimate of drug-likeness (QED) is 0.444. The van der Waals surface area contributed by atoms with Crippen molar-refractivity contribution >= 4 is 17.6 Å². The van der Waals surface area contributed by atoms with Crippen LogP contribution in [0.3, 0.4) is 0 Å². The maximum absolute atomic E-state index is 13.5. The van der Waals surface area contributed by atoms with Gasteiger partial charge in [0.25, 0.3) is 0 Å². The molecule has 0 aliphatic carbocycles. The lowest BCUT2D eigenvalue weighted by Gasteiger charge is -2.29. The van der Waals surface area contributed by atoms with Gasteiger partial charge in [0.1, 0.15) is 12.3 Å². The van der Waals surface area contributed by atoms with Crippen molar-refractivity contribution in [1.82, 2.24) is 9.80 Å². The van der Waals surface area contributed by atoms with Gasteiger partial charge in [0.05, 0.1) is 18.9 Å². The standard InChI is InChI=1S/C28H33N3O4/c1-2-22-12-14-24(15-13-22)29-28(33)31(20-26-11-7-17-35-26)21-27(32)30(19-25-10-6-16-34-25)18-23-8-4-3-5-9-23/h3-6,8-10,12-16,26H,2,7,11,17-21H2,1H3,(H,29,33). The van der Waals surface area contributed by atoms with Crippen molar-refractivity contribution in [3.05, 3.63) is 89.9 Å². The fourth-order valence-electron chi connectivity index (χ4n) is 4.17. The summed E-state index contributed by atoms with van der Waals surface area (Å²) in [7, 11) is 0. The average Bonchev–Trinajstić information content (AvgIpc) is 3.59. The van der Waals surface area contributed by atoms with Gasteiger partial charge in [-0.2, -0.15) is 0 Å². The van der Waals surface area contributed by atoms with E-state index in [0.29, 0.717) is 37.7 Å². The maximum Gasteiger partial charge on any atom is 0.322 e. The van der Waals surface area contributed by atoms with Crippen LogP contribution in [0.4, 0.5) is 10.5 Å². The Balaban J connectivity index is 1.49. The van der Waals surface area contributed by atoms with Crippen LogP contribution in [-0.2, 0) is 29.0 Å². The first kappa shape index (κ1) is 24.5. The summed E-state index contributed by atoms with van der Waals surface area (Å²) in [6.45, 7) is 3.84. The van der Waals surface area contributed by atoms with Crippen LogP contribution in [-0.4, -0.2) is 47.5 Å². The molecule has 7 heteroatoms. The molecule has 4 rings (SSSR count). The first-order valence-electron chi connectivity index (χ1n) is 12.2. The van der Waals surface area contributed by atoms with Crippen LogP contribution >= 0.6 is 0 Å². The van der Waals surface area contributed by atoms with E-state index < -0.39 is 0 Å². The highest BCUT2D eigenvalue weighted by Crippen LogP contribution is 2.17. The number of ether oxygens (including phenoxy) is 1. The molecule has 1 aliphatic rings. The molecule has 35 heavy (non-hydrogen) atoms. The molecule has 1 unspecified atom stereocenters. The minimum absolute atomic E-state index is 0.0493. The molecule has 184 valence electrons. The van der Waals surface area contributed by atoms with Gasteiger partial charge in [-0.15, -0.1) is 0 Å². The third kappa shape index (κ3) is 7.20. The first-order valence-corrected chi connectivity index (χ1v) is 12.2. The van der Waals surface area contributed by atoms with Gasteiger partial charge in [0.2, 0.25) is 5.91 Å². The molecule has 0 spiro atoms. The van der Waals surface area contributed by atoms with Gasteiger partial charge in [-0.25, -0.2) is 4.79 Å². The summed E-state index contributed by atoms with van der Waals surface area (Å²) < 4.78 is 11.3. The lowest BCUT2D eigenvalue weighted by atomic mass is 10.1. The third-order valence-electron chi connectivity index (χ3n) is 6.17. The zero-order valence-corrected chi connectivity index (χ0v) is 20.2. The van der Waals surface area contributed by atoms with E-state index in [2.05, 4.69) is 12.2 Å².